The molecule has 140 valence electrons. The lowest BCUT2D eigenvalue weighted by Gasteiger charge is -2.01. The van der Waals surface area contributed by atoms with Crippen LogP contribution in [0, 0.1) is 13.8 Å². The van der Waals surface area contributed by atoms with Crippen molar-refractivity contribution in [3.05, 3.63) is 65.6 Å². The van der Waals surface area contributed by atoms with E-state index in [2.05, 4.69) is 4.98 Å². The molecule has 8 heteroatoms. The van der Waals surface area contributed by atoms with Gasteiger partial charge in [0.2, 0.25) is 0 Å². The lowest BCUT2D eigenvalue weighted by Crippen LogP contribution is -2.22. The van der Waals surface area contributed by atoms with Gasteiger partial charge in [-0.2, -0.15) is 0 Å². The molecule has 3 heterocycles. The van der Waals surface area contributed by atoms with Crippen molar-refractivity contribution in [1.29, 1.82) is 0 Å². The molecule has 0 aliphatic carbocycles. The Hall–Kier alpha value is -2.97. The quantitative estimate of drug-likeness (QED) is 0.447. The Morgan fingerprint density at radius 3 is 2.68 bits per heavy atom. The predicted octanol–water partition coefficient (Wildman–Crippen LogP) is 3.25. The van der Waals surface area contributed by atoms with Crippen LogP contribution in [-0.2, 0) is 0 Å². The van der Waals surface area contributed by atoms with Gasteiger partial charge < -0.3 is 9.15 Å². The minimum Gasteiger partial charge on any atom is -0.493 e. The maximum absolute atomic E-state index is 13.0. The first-order chi connectivity index (χ1) is 13.4. The van der Waals surface area contributed by atoms with Gasteiger partial charge in [-0.3, -0.25) is 4.79 Å². The molecule has 0 aliphatic rings. The van der Waals surface area contributed by atoms with Gasteiger partial charge in [0.1, 0.15) is 0 Å². The van der Waals surface area contributed by atoms with Crippen LogP contribution >= 0.6 is 22.7 Å². The maximum Gasteiger partial charge on any atom is 0.396 e. The number of benzene rings is 2. The summed E-state index contributed by atoms with van der Waals surface area (Å²) in [7, 11) is 1.52. The van der Waals surface area contributed by atoms with E-state index in [0.29, 0.717) is 25.5 Å². The Labute approximate surface area is 165 Å². The number of methoxy groups -OCH3 is 1. The molecule has 28 heavy (non-hydrogen) atoms. The Morgan fingerprint density at radius 1 is 1.11 bits per heavy atom. The Kier molecular flexibility index (Phi) is 3.68. The van der Waals surface area contributed by atoms with Crippen molar-refractivity contribution in [3.63, 3.8) is 0 Å². The molecule has 0 atom stereocenters. The maximum atomic E-state index is 13.0. The van der Waals surface area contributed by atoms with E-state index in [1.54, 1.807) is 16.5 Å². The lowest BCUT2D eigenvalue weighted by molar-refractivity contribution is 0.408. The summed E-state index contributed by atoms with van der Waals surface area (Å²) in [4.78, 5) is 29.5. The highest BCUT2D eigenvalue weighted by molar-refractivity contribution is 7.16. The second-order valence-electron chi connectivity index (χ2n) is 6.58. The van der Waals surface area contributed by atoms with E-state index in [0.717, 1.165) is 39.1 Å². The van der Waals surface area contributed by atoms with Crippen molar-refractivity contribution in [2.24, 2.45) is 0 Å². The molecule has 0 bridgehead atoms. The van der Waals surface area contributed by atoms with Crippen LogP contribution in [0.3, 0.4) is 0 Å². The van der Waals surface area contributed by atoms with Crippen LogP contribution in [0.1, 0.15) is 16.7 Å². The number of nitrogens with zero attached hydrogens (tertiary/aromatic N) is 2. The van der Waals surface area contributed by atoms with Gasteiger partial charge in [-0.25, -0.2) is 14.2 Å². The summed E-state index contributed by atoms with van der Waals surface area (Å²) in [5, 5.41) is 0. The third-order valence-corrected chi connectivity index (χ3v) is 6.54. The monoisotopic (exact) mass is 410 g/mol. The van der Waals surface area contributed by atoms with Gasteiger partial charge in [0.05, 0.1) is 27.4 Å². The van der Waals surface area contributed by atoms with E-state index in [1.807, 2.05) is 32.0 Å². The Bertz CT molecular complexity index is 1570. The highest BCUT2D eigenvalue weighted by atomic mass is 32.1. The number of hydrogen-bond acceptors (Lipinski definition) is 7. The number of ether oxygens (including phenoxy) is 1. The van der Waals surface area contributed by atoms with Crippen LogP contribution in [0.15, 0.2) is 38.3 Å². The van der Waals surface area contributed by atoms with Gasteiger partial charge in [-0.05, 0) is 60.9 Å². The van der Waals surface area contributed by atoms with Gasteiger partial charge in [-0.1, -0.05) is 22.7 Å². The molecule has 0 fully saturated rings. The SMILES string of the molecule is COc1cc(/C=c2/sc3nc4cc(C)c(C)cc4n3c2=O)cc2sc(=O)oc12. The molecule has 0 saturated heterocycles. The highest BCUT2D eigenvalue weighted by Gasteiger charge is 2.14. The average Bonchev–Trinajstić information content (AvgIpc) is 3.28. The van der Waals surface area contributed by atoms with Gasteiger partial charge >= 0.3 is 4.94 Å². The first kappa shape index (κ1) is 17.2. The van der Waals surface area contributed by atoms with Crippen LogP contribution in [0.4, 0.5) is 0 Å². The molecule has 2 aromatic carbocycles. The summed E-state index contributed by atoms with van der Waals surface area (Å²) >= 11 is 2.35. The van der Waals surface area contributed by atoms with Crippen LogP contribution in [0.5, 0.6) is 5.75 Å². The average molecular weight is 410 g/mol. The minimum atomic E-state index is -0.387. The minimum absolute atomic E-state index is 0.106. The molecule has 0 N–H and O–H groups in total. The van der Waals surface area contributed by atoms with Crippen molar-refractivity contribution in [2.45, 2.75) is 13.8 Å². The van der Waals surface area contributed by atoms with Crippen molar-refractivity contribution >= 4 is 55.0 Å². The molecular weight excluding hydrogens is 396 g/mol. The number of thiazole rings is 1. The van der Waals surface area contributed by atoms with E-state index in [9.17, 15) is 9.59 Å². The predicted molar refractivity (Wildman–Crippen MR) is 112 cm³/mol. The van der Waals surface area contributed by atoms with Gasteiger partial charge in [-0.15, -0.1) is 0 Å². The fraction of sp³-hybridized carbons (Fsp3) is 0.150. The molecule has 3 aromatic heterocycles. The number of imidazole rings is 1. The van der Waals surface area contributed by atoms with E-state index in [1.165, 1.54) is 18.4 Å². The fourth-order valence-electron chi connectivity index (χ4n) is 3.27. The standard InChI is InChI=1S/C20H14N2O4S2/c1-9-4-12-13(5-10(9)2)22-18(23)16(27-19(22)21-12)8-11-6-14(25-3)17-15(7-11)28-20(24)26-17/h4-8H,1-3H3/b16-8+. The molecule has 0 aliphatic heterocycles. The first-order valence-corrected chi connectivity index (χ1v) is 10.1. The molecular formula is C20H14N2O4S2. The molecule has 5 aromatic rings. The molecule has 0 spiro atoms. The van der Waals surface area contributed by atoms with Crippen LogP contribution in [-0.4, -0.2) is 16.5 Å². The van der Waals surface area contributed by atoms with Gasteiger partial charge in [0.25, 0.3) is 5.56 Å². The van der Waals surface area contributed by atoms with Crippen molar-refractivity contribution in [2.75, 3.05) is 7.11 Å². The number of rotatable bonds is 2. The zero-order valence-corrected chi connectivity index (χ0v) is 16.9. The second-order valence-corrected chi connectivity index (χ2v) is 8.56. The van der Waals surface area contributed by atoms with Crippen LogP contribution < -0.4 is 19.8 Å². The number of fused-ring (bicyclic) bond motifs is 4. The largest absolute Gasteiger partial charge is 0.493 e. The van der Waals surface area contributed by atoms with Crippen molar-refractivity contribution in [1.82, 2.24) is 9.38 Å². The lowest BCUT2D eigenvalue weighted by atomic mass is 10.1. The molecule has 0 amide bonds. The fourth-order valence-corrected chi connectivity index (χ4v) is 4.99. The number of aryl methyl sites for hydroxylation is 2. The van der Waals surface area contributed by atoms with E-state index >= 15 is 0 Å². The summed E-state index contributed by atoms with van der Waals surface area (Å²) < 4.78 is 13.4. The molecule has 5 rings (SSSR count). The van der Waals surface area contributed by atoms with Gasteiger partial charge in [0.15, 0.2) is 16.3 Å². The first-order valence-electron chi connectivity index (χ1n) is 8.50. The molecule has 0 radical (unpaired) electrons. The summed E-state index contributed by atoms with van der Waals surface area (Å²) in [5.41, 5.74) is 5.00. The smallest absolute Gasteiger partial charge is 0.396 e. The van der Waals surface area contributed by atoms with E-state index in [4.69, 9.17) is 9.15 Å². The third-order valence-electron chi connectivity index (χ3n) is 4.79. The van der Waals surface area contributed by atoms with Crippen molar-refractivity contribution in [3.8, 4) is 5.75 Å². The topological polar surface area (TPSA) is 73.8 Å². The molecule has 0 saturated carbocycles. The Balaban J connectivity index is 1.77. The molecule has 0 unspecified atom stereocenters. The second kappa shape index (κ2) is 6.02. The zero-order chi connectivity index (χ0) is 19.6. The summed E-state index contributed by atoms with van der Waals surface area (Å²) in [6.45, 7) is 4.06. The highest BCUT2D eigenvalue weighted by Crippen LogP contribution is 2.29. The normalized spacial score (nSPS) is 12.6. The van der Waals surface area contributed by atoms with Crippen LogP contribution in [0.2, 0.25) is 0 Å². The summed E-state index contributed by atoms with van der Waals surface area (Å²) in [6, 6.07) is 7.58. The third kappa shape index (κ3) is 2.49. The number of aromatic nitrogens is 2. The zero-order valence-electron chi connectivity index (χ0n) is 15.2. The molecule has 6 nitrogen and oxygen atoms in total. The van der Waals surface area contributed by atoms with E-state index in [-0.39, 0.29) is 10.5 Å². The van der Waals surface area contributed by atoms with E-state index < -0.39 is 0 Å². The van der Waals surface area contributed by atoms with Crippen LogP contribution in [0.25, 0.3) is 32.4 Å². The Morgan fingerprint density at radius 2 is 1.89 bits per heavy atom. The van der Waals surface area contributed by atoms with Gasteiger partial charge in [0, 0.05) is 0 Å². The number of hydrogen-bond donors (Lipinski definition) is 0. The summed E-state index contributed by atoms with van der Waals surface area (Å²) in [6.07, 6.45) is 1.79. The van der Waals surface area contributed by atoms with Crippen molar-refractivity contribution < 1.29 is 9.15 Å². The summed E-state index contributed by atoms with van der Waals surface area (Å²) in [5.74, 6) is 0.465.